The zero-order chi connectivity index (χ0) is 23.3. The van der Waals surface area contributed by atoms with Gasteiger partial charge in [-0.2, -0.15) is 0 Å². The monoisotopic (exact) mass is 454 g/mol. The summed E-state index contributed by atoms with van der Waals surface area (Å²) in [6, 6.07) is 8.91. The Kier molecular flexibility index (Phi) is 11.3. The third-order valence-corrected chi connectivity index (χ3v) is 7.64. The number of hydrogen-bond donors (Lipinski definition) is 0. The van der Waals surface area contributed by atoms with Crippen molar-refractivity contribution in [2.24, 2.45) is 5.92 Å². The van der Waals surface area contributed by atoms with E-state index in [1.807, 2.05) is 0 Å². The molecule has 3 rings (SSSR count). The lowest BCUT2D eigenvalue weighted by molar-refractivity contribution is -0.139. The first-order valence-electron chi connectivity index (χ1n) is 13.8. The van der Waals surface area contributed by atoms with Crippen LogP contribution in [0.5, 0.6) is 5.75 Å². The van der Waals surface area contributed by atoms with Crippen molar-refractivity contribution in [1.82, 2.24) is 0 Å². The molecule has 1 saturated carbocycles. The number of carbonyl (C=O) groups is 1. The second kappa shape index (κ2) is 14.5. The third-order valence-electron chi connectivity index (χ3n) is 7.64. The molecular weight excluding hydrogens is 408 g/mol. The predicted molar refractivity (Wildman–Crippen MR) is 137 cm³/mol. The zero-order valence-corrected chi connectivity index (χ0v) is 21.0. The Labute approximate surface area is 202 Å². The molecule has 0 radical (unpaired) electrons. The molecule has 0 bridgehead atoms. The van der Waals surface area contributed by atoms with Crippen LogP contribution in [0.2, 0.25) is 0 Å². The number of unbranched alkanes of at least 4 members (excludes halogenated alkanes) is 7. The molecule has 1 heterocycles. The van der Waals surface area contributed by atoms with Crippen LogP contribution in [-0.2, 0) is 9.53 Å². The second-order valence-electron chi connectivity index (χ2n) is 10.4. The van der Waals surface area contributed by atoms with E-state index in [1.165, 1.54) is 69.8 Å². The smallest absolute Gasteiger partial charge is 0.333 e. The van der Waals surface area contributed by atoms with Crippen molar-refractivity contribution in [3.63, 3.8) is 0 Å². The van der Waals surface area contributed by atoms with Crippen LogP contribution in [0.25, 0.3) is 0 Å². The highest BCUT2D eigenvalue weighted by molar-refractivity contribution is 5.89. The minimum Gasteiger partial charge on any atom is -0.494 e. The van der Waals surface area contributed by atoms with Gasteiger partial charge in [-0.25, -0.2) is 4.79 Å². The van der Waals surface area contributed by atoms with E-state index in [2.05, 4.69) is 37.8 Å². The fraction of sp³-hybridized carbons (Fsp3) is 0.700. The summed E-state index contributed by atoms with van der Waals surface area (Å²) < 4.78 is 11.2. The van der Waals surface area contributed by atoms with Crippen LogP contribution in [0.1, 0.15) is 121 Å². The summed E-state index contributed by atoms with van der Waals surface area (Å²) in [5.41, 5.74) is 2.12. The van der Waals surface area contributed by atoms with Crippen molar-refractivity contribution < 1.29 is 14.3 Å². The maximum absolute atomic E-state index is 11.3. The van der Waals surface area contributed by atoms with Crippen LogP contribution in [-0.4, -0.2) is 18.7 Å². The van der Waals surface area contributed by atoms with Gasteiger partial charge < -0.3 is 9.47 Å². The molecule has 0 spiro atoms. The molecule has 1 unspecified atom stereocenters. The van der Waals surface area contributed by atoms with Gasteiger partial charge in [-0.05, 0) is 74.5 Å². The molecular formula is C30H46O3. The minimum atomic E-state index is -0.208. The normalized spacial score (nSPS) is 23.0. The number of hydrogen-bond acceptors (Lipinski definition) is 3. The van der Waals surface area contributed by atoms with E-state index in [1.54, 1.807) is 0 Å². The van der Waals surface area contributed by atoms with Crippen LogP contribution < -0.4 is 4.74 Å². The fourth-order valence-corrected chi connectivity index (χ4v) is 5.47. The lowest BCUT2D eigenvalue weighted by Crippen LogP contribution is -2.13. The predicted octanol–water partition coefficient (Wildman–Crippen LogP) is 8.52. The Morgan fingerprint density at radius 3 is 2.21 bits per heavy atom. The Morgan fingerprint density at radius 1 is 0.879 bits per heavy atom. The first-order chi connectivity index (χ1) is 16.2. The average molecular weight is 455 g/mol. The van der Waals surface area contributed by atoms with Crippen molar-refractivity contribution in [2.75, 3.05) is 6.61 Å². The molecule has 184 valence electrons. The van der Waals surface area contributed by atoms with Crippen LogP contribution in [0.3, 0.4) is 0 Å². The first kappa shape index (κ1) is 25.8. The van der Waals surface area contributed by atoms with Crippen molar-refractivity contribution in [3.05, 3.63) is 42.0 Å². The van der Waals surface area contributed by atoms with Crippen molar-refractivity contribution in [2.45, 2.75) is 122 Å². The SMILES string of the molecule is C=C1CC(CCCCCCOc2ccc(C3CCC(CCCCCCC)CC3)cc2)OC1=O. The second-order valence-corrected chi connectivity index (χ2v) is 10.4. The number of ether oxygens (including phenoxy) is 2. The molecule has 33 heavy (non-hydrogen) atoms. The van der Waals surface area contributed by atoms with Gasteiger partial charge in [0.2, 0.25) is 0 Å². The summed E-state index contributed by atoms with van der Waals surface area (Å²) >= 11 is 0. The summed E-state index contributed by atoms with van der Waals surface area (Å²) in [5.74, 6) is 2.50. The Bertz CT molecular complexity index is 684. The van der Waals surface area contributed by atoms with E-state index in [0.29, 0.717) is 12.0 Å². The van der Waals surface area contributed by atoms with Gasteiger partial charge >= 0.3 is 5.97 Å². The van der Waals surface area contributed by atoms with E-state index >= 15 is 0 Å². The largest absolute Gasteiger partial charge is 0.494 e. The quantitative estimate of drug-likeness (QED) is 0.151. The van der Waals surface area contributed by atoms with E-state index in [9.17, 15) is 4.79 Å². The summed E-state index contributed by atoms with van der Waals surface area (Å²) in [7, 11) is 0. The number of rotatable bonds is 15. The molecule has 1 aromatic carbocycles. The Hall–Kier alpha value is -1.77. The molecule has 1 atom stereocenters. The number of carbonyl (C=O) groups excluding carboxylic acids is 1. The summed E-state index contributed by atoms with van der Waals surface area (Å²) in [6.45, 7) is 6.81. The van der Waals surface area contributed by atoms with E-state index in [-0.39, 0.29) is 12.1 Å². The van der Waals surface area contributed by atoms with Gasteiger partial charge in [-0.3, -0.25) is 0 Å². The van der Waals surface area contributed by atoms with Crippen LogP contribution in [0.4, 0.5) is 0 Å². The van der Waals surface area contributed by atoms with Crippen LogP contribution >= 0.6 is 0 Å². The molecule has 0 aromatic heterocycles. The van der Waals surface area contributed by atoms with Gasteiger partial charge in [-0.1, -0.05) is 77.0 Å². The van der Waals surface area contributed by atoms with Gasteiger partial charge in [-0.15, -0.1) is 0 Å². The summed E-state index contributed by atoms with van der Waals surface area (Å²) in [6.07, 6.45) is 20.2. The highest BCUT2D eigenvalue weighted by Gasteiger charge is 2.26. The molecule has 1 saturated heterocycles. The highest BCUT2D eigenvalue weighted by Crippen LogP contribution is 2.38. The molecule has 0 N–H and O–H groups in total. The maximum Gasteiger partial charge on any atom is 0.333 e. The summed E-state index contributed by atoms with van der Waals surface area (Å²) in [5, 5.41) is 0. The number of esters is 1. The first-order valence-corrected chi connectivity index (χ1v) is 13.8. The molecule has 2 aliphatic rings. The molecule has 2 fully saturated rings. The lowest BCUT2D eigenvalue weighted by atomic mass is 9.77. The molecule has 0 amide bonds. The summed E-state index contributed by atoms with van der Waals surface area (Å²) in [4.78, 5) is 11.3. The van der Waals surface area contributed by atoms with Crippen molar-refractivity contribution in [1.29, 1.82) is 0 Å². The van der Waals surface area contributed by atoms with Gasteiger partial charge in [0.05, 0.1) is 6.61 Å². The standard InChI is InChI=1S/C30H46O3/c1-3-4-5-6-9-12-25-14-16-26(17-15-25)27-18-20-28(21-19-27)32-22-11-8-7-10-13-29-23-24(2)30(31)33-29/h18-21,25-26,29H,2-17,22-23H2,1H3. The average Bonchev–Trinajstić information content (AvgIpc) is 3.16. The molecule has 1 aliphatic heterocycles. The van der Waals surface area contributed by atoms with Gasteiger partial charge in [0.25, 0.3) is 0 Å². The number of cyclic esters (lactones) is 1. The third kappa shape index (κ3) is 9.18. The van der Waals surface area contributed by atoms with E-state index in [4.69, 9.17) is 9.47 Å². The van der Waals surface area contributed by atoms with Crippen molar-refractivity contribution in [3.8, 4) is 5.75 Å². The topological polar surface area (TPSA) is 35.5 Å². The molecule has 1 aliphatic carbocycles. The molecule has 1 aromatic rings. The van der Waals surface area contributed by atoms with E-state index in [0.717, 1.165) is 56.3 Å². The lowest BCUT2D eigenvalue weighted by Gasteiger charge is -2.29. The molecule has 3 heteroatoms. The highest BCUT2D eigenvalue weighted by atomic mass is 16.5. The van der Waals surface area contributed by atoms with Gasteiger partial charge in [0.1, 0.15) is 11.9 Å². The maximum atomic E-state index is 11.3. The van der Waals surface area contributed by atoms with E-state index < -0.39 is 0 Å². The Balaban J connectivity index is 1.22. The van der Waals surface area contributed by atoms with Crippen molar-refractivity contribution >= 4 is 5.97 Å². The van der Waals surface area contributed by atoms with Crippen LogP contribution in [0, 0.1) is 5.92 Å². The van der Waals surface area contributed by atoms with Gasteiger partial charge in [0.15, 0.2) is 0 Å². The minimum absolute atomic E-state index is 0.0605. The van der Waals surface area contributed by atoms with Crippen LogP contribution in [0.15, 0.2) is 36.4 Å². The zero-order valence-electron chi connectivity index (χ0n) is 21.0. The number of benzene rings is 1. The van der Waals surface area contributed by atoms with Gasteiger partial charge in [0, 0.05) is 12.0 Å². The Morgan fingerprint density at radius 2 is 1.55 bits per heavy atom. The fourth-order valence-electron chi connectivity index (χ4n) is 5.47. The molecule has 3 nitrogen and oxygen atoms in total.